The Labute approximate surface area is 108 Å². The predicted molar refractivity (Wildman–Crippen MR) is 69.6 cm³/mol. The lowest BCUT2D eigenvalue weighted by atomic mass is 10.1. The molecule has 1 fully saturated rings. The van der Waals surface area contributed by atoms with E-state index >= 15 is 0 Å². The summed E-state index contributed by atoms with van der Waals surface area (Å²) < 4.78 is 25.9. The van der Waals surface area contributed by atoms with Gasteiger partial charge in [0.1, 0.15) is 5.78 Å². The second-order valence-electron chi connectivity index (χ2n) is 4.62. The van der Waals surface area contributed by atoms with Gasteiger partial charge in [0.05, 0.1) is 5.75 Å². The Balaban J connectivity index is 2.13. The summed E-state index contributed by atoms with van der Waals surface area (Å²) in [6, 6.07) is 7.48. The number of sulfonamides is 1. The van der Waals surface area contributed by atoms with Crippen molar-refractivity contribution < 1.29 is 13.2 Å². The zero-order valence-corrected chi connectivity index (χ0v) is 11.2. The SMILES string of the molecule is Cc1ccccc1CS(=O)(=O)N1CCC(=O)CC1. The number of piperidine rings is 1. The Bertz CT molecular complexity index is 541. The molecule has 1 aliphatic heterocycles. The van der Waals surface area contributed by atoms with Crippen molar-refractivity contribution in [2.75, 3.05) is 13.1 Å². The summed E-state index contributed by atoms with van der Waals surface area (Å²) in [5.41, 5.74) is 1.81. The van der Waals surface area contributed by atoms with E-state index in [0.717, 1.165) is 11.1 Å². The molecule has 0 N–H and O–H groups in total. The Morgan fingerprint density at radius 1 is 1.17 bits per heavy atom. The van der Waals surface area contributed by atoms with Crippen LogP contribution in [0.5, 0.6) is 0 Å². The minimum Gasteiger partial charge on any atom is -0.300 e. The third kappa shape index (κ3) is 2.97. The highest BCUT2D eigenvalue weighted by Gasteiger charge is 2.27. The van der Waals surface area contributed by atoms with Gasteiger partial charge in [-0.1, -0.05) is 24.3 Å². The van der Waals surface area contributed by atoms with Crippen LogP contribution in [-0.2, 0) is 20.6 Å². The molecule has 0 aliphatic carbocycles. The van der Waals surface area contributed by atoms with Crippen molar-refractivity contribution in [3.63, 3.8) is 0 Å². The van der Waals surface area contributed by atoms with E-state index in [1.165, 1.54) is 4.31 Å². The molecule has 4 nitrogen and oxygen atoms in total. The van der Waals surface area contributed by atoms with Gasteiger partial charge in [-0.3, -0.25) is 4.79 Å². The summed E-state index contributed by atoms with van der Waals surface area (Å²) in [5.74, 6) is 0.172. The van der Waals surface area contributed by atoms with Gasteiger partial charge in [0.15, 0.2) is 0 Å². The number of Topliss-reactive ketones (excluding diaryl/α,β-unsaturated/α-hetero) is 1. The number of hydrogen-bond donors (Lipinski definition) is 0. The van der Waals surface area contributed by atoms with Gasteiger partial charge < -0.3 is 0 Å². The molecule has 98 valence electrons. The van der Waals surface area contributed by atoms with Gasteiger partial charge in [0.25, 0.3) is 0 Å². The zero-order chi connectivity index (χ0) is 13.2. The number of hydrogen-bond acceptors (Lipinski definition) is 3. The van der Waals surface area contributed by atoms with Crippen LogP contribution in [0, 0.1) is 6.92 Å². The number of ketones is 1. The van der Waals surface area contributed by atoms with E-state index in [4.69, 9.17) is 0 Å². The molecular weight excluding hydrogens is 250 g/mol. The van der Waals surface area contributed by atoms with Crippen LogP contribution >= 0.6 is 0 Å². The molecule has 0 radical (unpaired) electrons. The first-order valence-corrected chi connectivity index (χ1v) is 7.64. The first-order chi connectivity index (χ1) is 8.49. The van der Waals surface area contributed by atoms with Crippen molar-refractivity contribution in [1.29, 1.82) is 0 Å². The lowest BCUT2D eigenvalue weighted by Crippen LogP contribution is -2.39. The van der Waals surface area contributed by atoms with Crippen LogP contribution in [0.4, 0.5) is 0 Å². The average Bonchev–Trinajstić information content (AvgIpc) is 2.32. The van der Waals surface area contributed by atoms with Gasteiger partial charge in [0.2, 0.25) is 10.0 Å². The first-order valence-electron chi connectivity index (χ1n) is 6.03. The summed E-state index contributed by atoms with van der Waals surface area (Å²) in [4.78, 5) is 11.1. The summed E-state index contributed by atoms with van der Waals surface area (Å²) in [6.07, 6.45) is 0.681. The minimum absolute atomic E-state index is 0.0217. The van der Waals surface area contributed by atoms with Crippen LogP contribution in [0.25, 0.3) is 0 Å². The maximum Gasteiger partial charge on any atom is 0.218 e. The van der Waals surface area contributed by atoms with Crippen molar-refractivity contribution in [3.05, 3.63) is 35.4 Å². The molecular formula is C13H17NO3S. The third-order valence-electron chi connectivity index (χ3n) is 3.27. The zero-order valence-electron chi connectivity index (χ0n) is 10.4. The van der Waals surface area contributed by atoms with Crippen LogP contribution in [0.15, 0.2) is 24.3 Å². The highest BCUT2D eigenvalue weighted by atomic mass is 32.2. The lowest BCUT2D eigenvalue weighted by molar-refractivity contribution is -0.120. The standard InChI is InChI=1S/C13H17NO3S/c1-11-4-2-3-5-12(11)10-18(16,17)14-8-6-13(15)7-9-14/h2-5H,6-10H2,1H3. The van der Waals surface area contributed by atoms with Crippen LogP contribution in [0.3, 0.4) is 0 Å². The molecule has 18 heavy (non-hydrogen) atoms. The van der Waals surface area contributed by atoms with Gasteiger partial charge >= 0.3 is 0 Å². The van der Waals surface area contributed by atoms with E-state index in [0.29, 0.717) is 25.9 Å². The van der Waals surface area contributed by atoms with Crippen molar-refractivity contribution in [3.8, 4) is 0 Å². The van der Waals surface area contributed by atoms with E-state index in [-0.39, 0.29) is 11.5 Å². The van der Waals surface area contributed by atoms with Gasteiger partial charge in [0, 0.05) is 25.9 Å². The van der Waals surface area contributed by atoms with Gasteiger partial charge in [-0.25, -0.2) is 12.7 Å². The lowest BCUT2D eigenvalue weighted by Gasteiger charge is -2.25. The van der Waals surface area contributed by atoms with Crippen molar-refractivity contribution in [2.24, 2.45) is 0 Å². The first kappa shape index (κ1) is 13.2. The van der Waals surface area contributed by atoms with Crippen LogP contribution < -0.4 is 0 Å². The highest BCUT2D eigenvalue weighted by molar-refractivity contribution is 7.88. The quantitative estimate of drug-likeness (QED) is 0.833. The average molecular weight is 267 g/mol. The maximum absolute atomic E-state index is 12.2. The van der Waals surface area contributed by atoms with Gasteiger partial charge in [-0.2, -0.15) is 0 Å². The van der Waals surface area contributed by atoms with Crippen LogP contribution in [0.1, 0.15) is 24.0 Å². The highest BCUT2D eigenvalue weighted by Crippen LogP contribution is 2.17. The molecule has 0 spiro atoms. The third-order valence-corrected chi connectivity index (χ3v) is 5.10. The second kappa shape index (κ2) is 5.20. The Hall–Kier alpha value is -1.20. The number of carbonyl (C=O) groups is 1. The summed E-state index contributed by atoms with van der Waals surface area (Å²) >= 11 is 0. The summed E-state index contributed by atoms with van der Waals surface area (Å²) in [6.45, 7) is 2.56. The number of nitrogens with zero attached hydrogens (tertiary/aromatic N) is 1. The molecule has 2 rings (SSSR count). The minimum atomic E-state index is -3.30. The summed E-state index contributed by atoms with van der Waals surface area (Å²) in [7, 11) is -3.30. The topological polar surface area (TPSA) is 54.5 Å². The molecule has 0 amide bonds. The predicted octanol–water partition coefficient (Wildman–Crippen LogP) is 1.49. The molecule has 0 unspecified atom stereocenters. The largest absolute Gasteiger partial charge is 0.300 e. The molecule has 0 saturated carbocycles. The molecule has 1 aliphatic rings. The molecule has 0 atom stereocenters. The Morgan fingerprint density at radius 2 is 1.78 bits per heavy atom. The van der Waals surface area contributed by atoms with E-state index < -0.39 is 10.0 Å². The number of benzene rings is 1. The van der Waals surface area contributed by atoms with E-state index in [2.05, 4.69) is 0 Å². The van der Waals surface area contributed by atoms with Crippen LogP contribution in [-0.4, -0.2) is 31.6 Å². The molecule has 1 heterocycles. The fraction of sp³-hybridized carbons (Fsp3) is 0.462. The molecule has 1 saturated heterocycles. The normalized spacial score (nSPS) is 17.9. The number of carbonyl (C=O) groups excluding carboxylic acids is 1. The molecule has 1 aromatic rings. The van der Waals surface area contributed by atoms with Crippen molar-refractivity contribution >= 4 is 15.8 Å². The molecule has 5 heteroatoms. The molecule has 0 aromatic heterocycles. The number of rotatable bonds is 3. The fourth-order valence-corrected chi connectivity index (χ4v) is 3.71. The van der Waals surface area contributed by atoms with Gasteiger partial charge in [-0.15, -0.1) is 0 Å². The van der Waals surface area contributed by atoms with E-state index in [9.17, 15) is 13.2 Å². The van der Waals surface area contributed by atoms with Crippen molar-refractivity contribution in [2.45, 2.75) is 25.5 Å². The van der Waals surface area contributed by atoms with Gasteiger partial charge in [-0.05, 0) is 18.1 Å². The smallest absolute Gasteiger partial charge is 0.218 e. The second-order valence-corrected chi connectivity index (χ2v) is 6.59. The van der Waals surface area contributed by atoms with Crippen LogP contribution in [0.2, 0.25) is 0 Å². The Kier molecular flexibility index (Phi) is 3.82. The molecule has 0 bridgehead atoms. The Morgan fingerprint density at radius 3 is 2.39 bits per heavy atom. The van der Waals surface area contributed by atoms with Crippen molar-refractivity contribution in [1.82, 2.24) is 4.31 Å². The molecule has 1 aromatic carbocycles. The maximum atomic E-state index is 12.2. The fourth-order valence-electron chi connectivity index (χ4n) is 2.07. The van der Waals surface area contributed by atoms with E-state index in [1.807, 2.05) is 31.2 Å². The van der Waals surface area contributed by atoms with E-state index in [1.54, 1.807) is 0 Å². The number of aryl methyl sites for hydroxylation is 1. The summed E-state index contributed by atoms with van der Waals surface area (Å²) in [5, 5.41) is 0. The monoisotopic (exact) mass is 267 g/mol.